The molecule has 2 aliphatic rings. The number of benzene rings is 1. The summed E-state index contributed by atoms with van der Waals surface area (Å²) in [5.74, 6) is -3.48. The normalized spacial score (nSPS) is 20.0. The van der Waals surface area contributed by atoms with Crippen LogP contribution < -0.4 is 16.3 Å². The zero-order chi connectivity index (χ0) is 25.9. The number of carbonyl (C=O) groups is 3. The van der Waals surface area contributed by atoms with Gasteiger partial charge in [0.15, 0.2) is 0 Å². The number of likely N-dealkylation sites (tertiary alicyclic amines) is 1. The van der Waals surface area contributed by atoms with Crippen molar-refractivity contribution in [1.82, 2.24) is 19.4 Å². The van der Waals surface area contributed by atoms with Gasteiger partial charge in [0.05, 0.1) is 16.7 Å². The second-order valence-electron chi connectivity index (χ2n) is 9.68. The molecule has 1 unspecified atom stereocenters. The van der Waals surface area contributed by atoms with Crippen LogP contribution in [0.3, 0.4) is 0 Å². The van der Waals surface area contributed by atoms with E-state index in [1.165, 1.54) is 9.13 Å². The number of hydrogen-bond acceptors (Lipinski definition) is 5. The van der Waals surface area contributed by atoms with Gasteiger partial charge in [0.2, 0.25) is 17.7 Å². The minimum atomic E-state index is -2.64. The van der Waals surface area contributed by atoms with Crippen molar-refractivity contribution in [3.8, 4) is 0 Å². The van der Waals surface area contributed by atoms with Crippen molar-refractivity contribution in [2.24, 2.45) is 7.05 Å². The fraction of sp³-hybridized carbons (Fsp3) is 0.600. The predicted molar refractivity (Wildman–Crippen MR) is 131 cm³/mol. The number of rotatable bonds is 9. The van der Waals surface area contributed by atoms with Crippen LogP contribution in [0.2, 0.25) is 0 Å². The van der Waals surface area contributed by atoms with Crippen LogP contribution in [0.5, 0.6) is 0 Å². The standard InChI is InChI=1S/C25H33F2N5O4/c1-30-22-17(7-6-8-18(22)32(24(30)36)19-10-11-20(33)29-23(19)35)28-14-5-3-2-4-9-21(34)31-15-12-25(26,27)13-16-31/h6-8,19,28H,2-5,9-16H2,1H3,(H,29,33,35). The summed E-state index contributed by atoms with van der Waals surface area (Å²) >= 11 is 0. The Bertz CT molecular complexity index is 1200. The summed E-state index contributed by atoms with van der Waals surface area (Å²) in [4.78, 5) is 50.6. The van der Waals surface area contributed by atoms with Crippen LogP contribution in [0.1, 0.15) is 63.8 Å². The molecule has 0 spiro atoms. The third kappa shape index (κ3) is 5.60. The van der Waals surface area contributed by atoms with E-state index < -0.39 is 17.9 Å². The lowest BCUT2D eigenvalue weighted by Gasteiger charge is -2.31. The molecule has 1 aromatic heterocycles. The fourth-order valence-corrected chi connectivity index (χ4v) is 5.03. The van der Waals surface area contributed by atoms with E-state index in [1.54, 1.807) is 18.0 Å². The molecular formula is C25H33F2N5O4. The smallest absolute Gasteiger partial charge is 0.329 e. The van der Waals surface area contributed by atoms with Crippen LogP contribution in [-0.4, -0.2) is 57.3 Å². The van der Waals surface area contributed by atoms with Gasteiger partial charge in [-0.3, -0.25) is 28.8 Å². The Morgan fingerprint density at radius 1 is 1.11 bits per heavy atom. The largest absolute Gasteiger partial charge is 0.383 e. The molecule has 2 saturated heterocycles. The molecule has 1 atom stereocenters. The van der Waals surface area contributed by atoms with E-state index in [4.69, 9.17) is 0 Å². The van der Waals surface area contributed by atoms with Crippen LogP contribution in [0.25, 0.3) is 11.0 Å². The number of aromatic nitrogens is 2. The molecule has 3 amide bonds. The van der Waals surface area contributed by atoms with Crippen LogP contribution in [0.15, 0.2) is 23.0 Å². The summed E-state index contributed by atoms with van der Waals surface area (Å²) in [6.07, 6.45) is 3.72. The number of aryl methyl sites for hydroxylation is 1. The molecule has 1 aromatic carbocycles. The lowest BCUT2D eigenvalue weighted by atomic mass is 10.1. The minimum absolute atomic E-state index is 0.0447. The number of piperidine rings is 2. The molecule has 11 heteroatoms. The van der Waals surface area contributed by atoms with E-state index in [9.17, 15) is 28.0 Å². The second kappa shape index (κ2) is 10.8. The third-order valence-electron chi connectivity index (χ3n) is 7.11. The Labute approximate surface area is 207 Å². The second-order valence-corrected chi connectivity index (χ2v) is 9.68. The third-order valence-corrected chi connectivity index (χ3v) is 7.11. The molecule has 196 valence electrons. The van der Waals surface area contributed by atoms with Gasteiger partial charge in [-0.25, -0.2) is 13.6 Å². The molecule has 0 saturated carbocycles. The number of nitrogens with zero attached hydrogens (tertiary/aromatic N) is 3. The van der Waals surface area contributed by atoms with E-state index in [1.807, 2.05) is 12.1 Å². The minimum Gasteiger partial charge on any atom is -0.383 e. The van der Waals surface area contributed by atoms with Crippen molar-refractivity contribution < 1.29 is 23.2 Å². The number of alkyl halides is 2. The first-order valence-corrected chi connectivity index (χ1v) is 12.6. The first-order chi connectivity index (χ1) is 17.2. The molecule has 2 aromatic rings. The maximum absolute atomic E-state index is 13.2. The van der Waals surface area contributed by atoms with E-state index in [-0.39, 0.29) is 56.3 Å². The molecule has 2 fully saturated rings. The van der Waals surface area contributed by atoms with Crippen LogP contribution >= 0.6 is 0 Å². The number of carbonyl (C=O) groups excluding carboxylic acids is 3. The molecule has 0 bridgehead atoms. The van der Waals surface area contributed by atoms with Crippen molar-refractivity contribution >= 4 is 34.4 Å². The molecule has 2 aliphatic heterocycles. The lowest BCUT2D eigenvalue weighted by molar-refractivity contribution is -0.138. The van der Waals surface area contributed by atoms with E-state index in [0.29, 0.717) is 24.0 Å². The van der Waals surface area contributed by atoms with Gasteiger partial charge >= 0.3 is 5.69 Å². The number of halogens is 2. The number of para-hydroxylation sites is 1. The first kappa shape index (κ1) is 25.8. The number of imidazole rings is 1. The Morgan fingerprint density at radius 2 is 1.83 bits per heavy atom. The van der Waals surface area contributed by atoms with Gasteiger partial charge in [-0.15, -0.1) is 0 Å². The summed E-state index contributed by atoms with van der Waals surface area (Å²) < 4.78 is 29.5. The fourth-order valence-electron chi connectivity index (χ4n) is 5.03. The number of anilines is 1. The average Bonchev–Trinajstić information content (AvgIpc) is 3.09. The van der Waals surface area contributed by atoms with Crippen molar-refractivity contribution in [1.29, 1.82) is 0 Å². The maximum atomic E-state index is 13.2. The van der Waals surface area contributed by atoms with E-state index in [0.717, 1.165) is 31.4 Å². The number of imide groups is 1. The van der Waals surface area contributed by atoms with Crippen LogP contribution in [0.4, 0.5) is 14.5 Å². The van der Waals surface area contributed by atoms with Gasteiger partial charge in [-0.1, -0.05) is 18.9 Å². The molecule has 2 N–H and O–H groups in total. The molecular weight excluding hydrogens is 472 g/mol. The highest BCUT2D eigenvalue weighted by molar-refractivity contribution is 6.00. The van der Waals surface area contributed by atoms with Crippen molar-refractivity contribution in [2.45, 2.75) is 69.8 Å². The first-order valence-electron chi connectivity index (χ1n) is 12.6. The Morgan fingerprint density at radius 3 is 2.56 bits per heavy atom. The summed E-state index contributed by atoms with van der Waals surface area (Å²) in [5, 5.41) is 5.69. The van der Waals surface area contributed by atoms with Gasteiger partial charge in [0, 0.05) is 52.4 Å². The van der Waals surface area contributed by atoms with E-state index in [2.05, 4.69) is 10.6 Å². The monoisotopic (exact) mass is 505 g/mol. The summed E-state index contributed by atoms with van der Waals surface area (Å²) in [5.41, 5.74) is 1.81. The number of nitrogens with one attached hydrogen (secondary N) is 2. The molecule has 36 heavy (non-hydrogen) atoms. The quantitative estimate of drug-likeness (QED) is 0.403. The van der Waals surface area contributed by atoms with Crippen LogP contribution in [0, 0.1) is 0 Å². The average molecular weight is 506 g/mol. The van der Waals surface area contributed by atoms with Crippen LogP contribution in [-0.2, 0) is 21.4 Å². The molecule has 4 rings (SSSR count). The predicted octanol–water partition coefficient (Wildman–Crippen LogP) is 2.94. The SMILES string of the molecule is Cn1c(=O)n(C2CCC(=O)NC2=O)c2cccc(NCCCCCCC(=O)N3CCC(F)(F)CC3)c21. The number of hydrogen-bond donors (Lipinski definition) is 2. The van der Waals surface area contributed by atoms with Gasteiger partial charge in [-0.05, 0) is 31.4 Å². The van der Waals surface area contributed by atoms with E-state index >= 15 is 0 Å². The molecule has 0 radical (unpaired) electrons. The Balaban J connectivity index is 1.27. The molecule has 0 aliphatic carbocycles. The molecule has 3 heterocycles. The zero-order valence-electron chi connectivity index (χ0n) is 20.5. The van der Waals surface area contributed by atoms with Gasteiger partial charge < -0.3 is 10.2 Å². The van der Waals surface area contributed by atoms with Gasteiger partial charge in [0.25, 0.3) is 5.92 Å². The van der Waals surface area contributed by atoms with Crippen molar-refractivity contribution in [3.63, 3.8) is 0 Å². The maximum Gasteiger partial charge on any atom is 0.329 e. The van der Waals surface area contributed by atoms with Gasteiger partial charge in [-0.2, -0.15) is 0 Å². The number of amides is 3. The highest BCUT2D eigenvalue weighted by Gasteiger charge is 2.35. The summed E-state index contributed by atoms with van der Waals surface area (Å²) in [6.45, 7) is 0.941. The lowest BCUT2D eigenvalue weighted by Crippen LogP contribution is -2.44. The summed E-state index contributed by atoms with van der Waals surface area (Å²) in [6, 6.07) is 4.79. The molecule has 9 nitrogen and oxygen atoms in total. The number of unbranched alkanes of at least 4 members (excludes halogenated alkanes) is 3. The highest BCUT2D eigenvalue weighted by Crippen LogP contribution is 2.29. The zero-order valence-corrected chi connectivity index (χ0v) is 20.5. The van der Waals surface area contributed by atoms with Gasteiger partial charge in [0.1, 0.15) is 6.04 Å². The highest BCUT2D eigenvalue weighted by atomic mass is 19.3. The number of fused-ring (bicyclic) bond motifs is 1. The Hall–Kier alpha value is -3.24. The Kier molecular flexibility index (Phi) is 7.75. The van der Waals surface area contributed by atoms with Crippen molar-refractivity contribution in [3.05, 3.63) is 28.7 Å². The summed E-state index contributed by atoms with van der Waals surface area (Å²) in [7, 11) is 1.67. The van der Waals surface area contributed by atoms with Crippen molar-refractivity contribution in [2.75, 3.05) is 25.0 Å². The topological polar surface area (TPSA) is 105 Å².